The molecule has 5 heteroatoms. The van der Waals surface area contributed by atoms with E-state index < -0.39 is 0 Å². The molecule has 1 atom stereocenters. The maximum atomic E-state index is 12.4. The van der Waals surface area contributed by atoms with Crippen LogP contribution in [0.25, 0.3) is 0 Å². The molecule has 0 unspecified atom stereocenters. The molecule has 0 aromatic rings. The first-order chi connectivity index (χ1) is 11.0. The van der Waals surface area contributed by atoms with Crippen molar-refractivity contribution in [1.82, 2.24) is 15.1 Å². The van der Waals surface area contributed by atoms with Crippen LogP contribution in [0.5, 0.6) is 0 Å². The van der Waals surface area contributed by atoms with Crippen LogP contribution in [0.1, 0.15) is 65.7 Å². The summed E-state index contributed by atoms with van der Waals surface area (Å²) in [5.74, 6) is 0.132. The van der Waals surface area contributed by atoms with Gasteiger partial charge in [0.25, 0.3) is 0 Å². The predicted octanol–water partition coefficient (Wildman–Crippen LogP) is 2.16. The zero-order valence-electron chi connectivity index (χ0n) is 15.1. The van der Waals surface area contributed by atoms with Crippen molar-refractivity contribution in [2.24, 2.45) is 0 Å². The summed E-state index contributed by atoms with van der Waals surface area (Å²) in [6.45, 7) is 9.70. The first kappa shape index (κ1) is 18.2. The van der Waals surface area contributed by atoms with Gasteiger partial charge in [-0.3, -0.25) is 9.59 Å². The highest BCUT2D eigenvalue weighted by molar-refractivity contribution is 5.87. The van der Waals surface area contributed by atoms with Gasteiger partial charge in [-0.1, -0.05) is 13.3 Å². The van der Waals surface area contributed by atoms with Crippen molar-refractivity contribution < 1.29 is 9.59 Å². The van der Waals surface area contributed by atoms with Crippen LogP contribution < -0.4 is 5.32 Å². The lowest BCUT2D eigenvalue weighted by atomic mass is 9.87. The van der Waals surface area contributed by atoms with E-state index in [9.17, 15) is 9.59 Å². The molecule has 2 heterocycles. The topological polar surface area (TPSA) is 52.7 Å². The van der Waals surface area contributed by atoms with E-state index in [4.69, 9.17) is 0 Å². The molecule has 2 saturated heterocycles. The number of carbonyl (C=O) groups is 2. The van der Waals surface area contributed by atoms with Gasteiger partial charge in [-0.25, -0.2) is 0 Å². The maximum Gasteiger partial charge on any atom is 0.239 e. The molecule has 132 valence electrons. The Kier molecular flexibility index (Phi) is 6.45. The Morgan fingerprint density at radius 1 is 1.26 bits per heavy atom. The van der Waals surface area contributed by atoms with Crippen molar-refractivity contribution in [3.63, 3.8) is 0 Å². The normalized spacial score (nSPS) is 26.1. The highest BCUT2D eigenvalue weighted by Crippen LogP contribution is 2.38. The third kappa shape index (κ3) is 4.69. The Bertz CT molecular complexity index is 424. The quantitative estimate of drug-likeness (QED) is 0.815. The summed E-state index contributed by atoms with van der Waals surface area (Å²) in [6, 6.07) is 0.120. The summed E-state index contributed by atoms with van der Waals surface area (Å²) in [5, 5.41) is 2.92. The van der Waals surface area contributed by atoms with Crippen LogP contribution >= 0.6 is 0 Å². The summed E-state index contributed by atoms with van der Waals surface area (Å²) >= 11 is 0. The molecule has 2 amide bonds. The third-order valence-electron chi connectivity index (χ3n) is 5.27. The monoisotopic (exact) mass is 323 g/mol. The molecule has 0 bridgehead atoms. The van der Waals surface area contributed by atoms with E-state index in [2.05, 4.69) is 17.1 Å². The Morgan fingerprint density at radius 2 is 2.04 bits per heavy atom. The highest BCUT2D eigenvalue weighted by atomic mass is 16.2. The summed E-state index contributed by atoms with van der Waals surface area (Å²) in [5.41, 5.74) is -0.0770. The minimum Gasteiger partial charge on any atom is -0.352 e. The van der Waals surface area contributed by atoms with Gasteiger partial charge in [-0.15, -0.1) is 0 Å². The Hall–Kier alpha value is -1.10. The Labute approximate surface area is 140 Å². The SMILES string of the molecule is CCCCN1CCC[C@@]2(CCC(=O)N2CC(=O)NC(C)C)CC1. The minimum atomic E-state index is -0.0770. The van der Waals surface area contributed by atoms with E-state index >= 15 is 0 Å². The second-order valence-corrected chi connectivity index (χ2v) is 7.48. The van der Waals surface area contributed by atoms with Crippen LogP contribution in [0.2, 0.25) is 0 Å². The van der Waals surface area contributed by atoms with Gasteiger partial charge >= 0.3 is 0 Å². The van der Waals surface area contributed by atoms with Gasteiger partial charge in [-0.05, 0) is 59.0 Å². The standard InChI is InChI=1S/C18H33N3O2/c1-4-5-11-20-12-6-8-18(10-13-20)9-7-17(23)21(18)14-16(22)19-15(2)3/h15H,4-14H2,1-3H3,(H,19,22)/t18-/m1/s1. The molecule has 23 heavy (non-hydrogen) atoms. The molecule has 1 spiro atoms. The fourth-order valence-corrected chi connectivity index (χ4v) is 4.00. The van der Waals surface area contributed by atoms with Gasteiger partial charge in [0, 0.05) is 24.5 Å². The first-order valence-electron chi connectivity index (χ1n) is 9.29. The molecule has 2 aliphatic rings. The number of amides is 2. The lowest BCUT2D eigenvalue weighted by molar-refractivity contribution is -0.137. The molecule has 1 N–H and O–H groups in total. The molecule has 5 nitrogen and oxygen atoms in total. The molecule has 0 aromatic heterocycles. The lowest BCUT2D eigenvalue weighted by Gasteiger charge is -2.38. The summed E-state index contributed by atoms with van der Waals surface area (Å²) in [7, 11) is 0. The van der Waals surface area contributed by atoms with Gasteiger partial charge in [0.15, 0.2) is 0 Å². The number of unbranched alkanes of at least 4 members (excludes halogenated alkanes) is 1. The lowest BCUT2D eigenvalue weighted by Crippen LogP contribution is -2.51. The highest BCUT2D eigenvalue weighted by Gasteiger charge is 2.46. The van der Waals surface area contributed by atoms with E-state index in [1.165, 1.54) is 12.8 Å². The molecular formula is C18H33N3O2. The van der Waals surface area contributed by atoms with Crippen LogP contribution in [-0.4, -0.2) is 59.4 Å². The molecule has 2 aliphatic heterocycles. The van der Waals surface area contributed by atoms with Gasteiger partial charge in [-0.2, -0.15) is 0 Å². The van der Waals surface area contributed by atoms with E-state index in [0.717, 1.165) is 45.3 Å². The zero-order valence-corrected chi connectivity index (χ0v) is 15.1. The number of nitrogens with zero attached hydrogens (tertiary/aromatic N) is 2. The largest absolute Gasteiger partial charge is 0.352 e. The van der Waals surface area contributed by atoms with E-state index in [0.29, 0.717) is 6.42 Å². The third-order valence-corrected chi connectivity index (χ3v) is 5.27. The second kappa shape index (κ2) is 8.13. The van der Waals surface area contributed by atoms with Gasteiger partial charge < -0.3 is 15.1 Å². The molecule has 0 radical (unpaired) electrons. The number of nitrogens with one attached hydrogen (secondary N) is 1. The summed E-state index contributed by atoms with van der Waals surface area (Å²) < 4.78 is 0. The molecule has 0 aromatic carbocycles. The Balaban J connectivity index is 2.00. The molecular weight excluding hydrogens is 290 g/mol. The van der Waals surface area contributed by atoms with Gasteiger partial charge in [0.1, 0.15) is 6.54 Å². The molecule has 2 fully saturated rings. The number of likely N-dealkylation sites (tertiary alicyclic amines) is 2. The van der Waals surface area contributed by atoms with E-state index in [-0.39, 0.29) is 29.9 Å². The number of rotatable bonds is 6. The molecule has 0 aliphatic carbocycles. The van der Waals surface area contributed by atoms with Crippen molar-refractivity contribution in [1.29, 1.82) is 0 Å². The van der Waals surface area contributed by atoms with Gasteiger partial charge in [0.2, 0.25) is 11.8 Å². The van der Waals surface area contributed by atoms with Crippen LogP contribution in [0.4, 0.5) is 0 Å². The van der Waals surface area contributed by atoms with Crippen molar-refractivity contribution in [3.8, 4) is 0 Å². The van der Waals surface area contributed by atoms with Crippen LogP contribution in [0, 0.1) is 0 Å². The van der Waals surface area contributed by atoms with Crippen molar-refractivity contribution in [2.75, 3.05) is 26.2 Å². The van der Waals surface area contributed by atoms with Crippen LogP contribution in [0.15, 0.2) is 0 Å². The smallest absolute Gasteiger partial charge is 0.239 e. The Morgan fingerprint density at radius 3 is 2.74 bits per heavy atom. The predicted molar refractivity (Wildman–Crippen MR) is 92.2 cm³/mol. The van der Waals surface area contributed by atoms with Gasteiger partial charge in [0.05, 0.1) is 0 Å². The van der Waals surface area contributed by atoms with Crippen molar-refractivity contribution in [3.05, 3.63) is 0 Å². The fourth-order valence-electron chi connectivity index (χ4n) is 4.00. The fraction of sp³-hybridized carbons (Fsp3) is 0.889. The molecule has 2 rings (SSSR count). The maximum absolute atomic E-state index is 12.4. The minimum absolute atomic E-state index is 0.0262. The number of carbonyl (C=O) groups excluding carboxylic acids is 2. The average Bonchev–Trinajstić information content (AvgIpc) is 2.68. The van der Waals surface area contributed by atoms with Crippen molar-refractivity contribution >= 4 is 11.8 Å². The number of hydrogen-bond donors (Lipinski definition) is 1. The summed E-state index contributed by atoms with van der Waals surface area (Å²) in [6.07, 6.45) is 7.16. The summed E-state index contributed by atoms with van der Waals surface area (Å²) in [4.78, 5) is 29.0. The van der Waals surface area contributed by atoms with E-state index in [1.807, 2.05) is 18.7 Å². The second-order valence-electron chi connectivity index (χ2n) is 7.48. The molecule has 0 saturated carbocycles. The van der Waals surface area contributed by atoms with Crippen LogP contribution in [-0.2, 0) is 9.59 Å². The zero-order chi connectivity index (χ0) is 16.9. The average molecular weight is 323 g/mol. The van der Waals surface area contributed by atoms with Crippen molar-refractivity contribution in [2.45, 2.75) is 77.3 Å². The number of hydrogen-bond acceptors (Lipinski definition) is 3. The van der Waals surface area contributed by atoms with E-state index in [1.54, 1.807) is 0 Å². The van der Waals surface area contributed by atoms with Crippen LogP contribution in [0.3, 0.4) is 0 Å². The first-order valence-corrected chi connectivity index (χ1v) is 9.29.